The van der Waals surface area contributed by atoms with Gasteiger partial charge in [0.05, 0.1) is 30.6 Å². The molecule has 0 amide bonds. The van der Waals surface area contributed by atoms with Gasteiger partial charge in [0.15, 0.2) is 6.10 Å². The maximum Gasteiger partial charge on any atom is 0.338 e. The minimum Gasteiger partial charge on any atom is -0.452 e. The van der Waals surface area contributed by atoms with Gasteiger partial charge < -0.3 is 19.3 Å². The molecule has 0 radical (unpaired) electrons. The molecule has 5 rings (SSSR count). The van der Waals surface area contributed by atoms with Gasteiger partial charge in [-0.05, 0) is 34.4 Å². The number of carbonyl (C=O) groups excluding carboxylic acids is 1. The summed E-state index contributed by atoms with van der Waals surface area (Å²) in [7, 11) is 0. The van der Waals surface area contributed by atoms with Gasteiger partial charge in [0.25, 0.3) is 0 Å². The Labute approximate surface area is 227 Å². The predicted octanol–water partition coefficient (Wildman–Crippen LogP) is 6.12. The lowest BCUT2D eigenvalue weighted by atomic mass is 10.0. The number of benzene rings is 4. The summed E-state index contributed by atoms with van der Waals surface area (Å²) >= 11 is 1.32. The van der Waals surface area contributed by atoms with E-state index in [-0.39, 0.29) is 5.25 Å². The Hall–Kier alpha value is -3.42. The van der Waals surface area contributed by atoms with Gasteiger partial charge in [-0.15, -0.1) is 11.8 Å². The van der Waals surface area contributed by atoms with Gasteiger partial charge in [-0.25, -0.2) is 4.79 Å². The summed E-state index contributed by atoms with van der Waals surface area (Å²) in [6.07, 6.45) is -1.35. The molecule has 5 nitrogen and oxygen atoms in total. The van der Waals surface area contributed by atoms with Crippen molar-refractivity contribution in [2.24, 2.45) is 0 Å². The molecule has 0 aliphatic carbocycles. The molecule has 0 aromatic heterocycles. The standard InChI is InChI=1S/C32H30O5S/c33-31(27-18-16-26(17-19-27)25-14-8-3-9-15-25)37-30-29(36-21-24-12-6-2-7-13-24)28(38-32(30)34)22-35-20-23-10-4-1-5-11-23/h1-19,28-30,32,34H,20-22H2/t28-,29-,30+,32?/m1/s1. The molecule has 1 aliphatic heterocycles. The van der Waals surface area contributed by atoms with Crippen molar-refractivity contribution in [1.29, 1.82) is 0 Å². The van der Waals surface area contributed by atoms with E-state index in [0.717, 1.165) is 22.3 Å². The van der Waals surface area contributed by atoms with Crippen molar-refractivity contribution in [3.05, 3.63) is 132 Å². The van der Waals surface area contributed by atoms with Crippen LogP contribution < -0.4 is 0 Å². The second-order valence-electron chi connectivity index (χ2n) is 9.14. The molecule has 38 heavy (non-hydrogen) atoms. The van der Waals surface area contributed by atoms with E-state index in [1.54, 1.807) is 12.1 Å². The summed E-state index contributed by atoms with van der Waals surface area (Å²) in [5.41, 5.74) is 3.66. The van der Waals surface area contributed by atoms with E-state index in [2.05, 4.69) is 0 Å². The lowest BCUT2D eigenvalue weighted by molar-refractivity contribution is -0.0806. The van der Waals surface area contributed by atoms with Crippen molar-refractivity contribution in [2.45, 2.75) is 36.1 Å². The van der Waals surface area contributed by atoms with Gasteiger partial charge >= 0.3 is 5.97 Å². The van der Waals surface area contributed by atoms with Crippen LogP contribution >= 0.6 is 11.8 Å². The zero-order valence-corrected chi connectivity index (χ0v) is 21.7. The third-order valence-electron chi connectivity index (χ3n) is 6.44. The van der Waals surface area contributed by atoms with Crippen molar-refractivity contribution >= 4 is 17.7 Å². The number of ether oxygens (including phenoxy) is 3. The molecule has 1 aliphatic rings. The second-order valence-corrected chi connectivity index (χ2v) is 10.5. The molecule has 194 valence electrons. The van der Waals surface area contributed by atoms with Crippen LogP contribution in [-0.2, 0) is 27.4 Å². The first-order valence-corrected chi connectivity index (χ1v) is 13.6. The largest absolute Gasteiger partial charge is 0.452 e. The van der Waals surface area contributed by atoms with E-state index in [1.165, 1.54) is 11.8 Å². The Kier molecular flexibility index (Phi) is 8.89. The molecular weight excluding hydrogens is 496 g/mol. The van der Waals surface area contributed by atoms with Gasteiger partial charge in [0.2, 0.25) is 0 Å². The molecule has 0 bridgehead atoms. The van der Waals surface area contributed by atoms with Gasteiger partial charge in [0, 0.05) is 0 Å². The molecule has 1 fully saturated rings. The third kappa shape index (κ3) is 6.71. The SMILES string of the molecule is O=C(O[C@@H]1C(O)S[C@H](COCc2ccccc2)[C@H]1OCc1ccccc1)c1ccc(-c2ccccc2)cc1. The molecule has 4 aromatic carbocycles. The predicted molar refractivity (Wildman–Crippen MR) is 150 cm³/mol. The average Bonchev–Trinajstić information content (AvgIpc) is 3.26. The Balaban J connectivity index is 1.26. The highest BCUT2D eigenvalue weighted by molar-refractivity contribution is 8.00. The summed E-state index contributed by atoms with van der Waals surface area (Å²) in [4.78, 5) is 13.1. The number of hydrogen-bond acceptors (Lipinski definition) is 6. The summed E-state index contributed by atoms with van der Waals surface area (Å²) in [6.45, 7) is 1.15. The first-order valence-electron chi connectivity index (χ1n) is 12.6. The summed E-state index contributed by atoms with van der Waals surface area (Å²) < 4.78 is 18.1. The molecule has 1 saturated heterocycles. The van der Waals surface area contributed by atoms with Crippen LogP contribution in [0, 0.1) is 0 Å². The van der Waals surface area contributed by atoms with Crippen LogP contribution in [0.15, 0.2) is 115 Å². The number of aliphatic hydroxyl groups is 1. The van der Waals surface area contributed by atoms with E-state index >= 15 is 0 Å². The van der Waals surface area contributed by atoms with Crippen molar-refractivity contribution in [3.63, 3.8) is 0 Å². The number of rotatable bonds is 10. The van der Waals surface area contributed by atoms with Crippen molar-refractivity contribution in [1.82, 2.24) is 0 Å². The van der Waals surface area contributed by atoms with Gasteiger partial charge in [0.1, 0.15) is 11.5 Å². The molecule has 1 N–H and O–H groups in total. The summed E-state index contributed by atoms with van der Waals surface area (Å²) in [6, 6.07) is 37.0. The maximum absolute atomic E-state index is 13.1. The lowest BCUT2D eigenvalue weighted by Gasteiger charge is -2.25. The number of hydrogen-bond donors (Lipinski definition) is 1. The molecule has 1 unspecified atom stereocenters. The van der Waals surface area contributed by atoms with E-state index in [4.69, 9.17) is 14.2 Å². The monoisotopic (exact) mass is 526 g/mol. The quantitative estimate of drug-likeness (QED) is 0.251. The minimum atomic E-state index is -0.923. The Morgan fingerprint density at radius 2 is 1.24 bits per heavy atom. The van der Waals surface area contributed by atoms with Crippen LogP contribution in [0.5, 0.6) is 0 Å². The highest BCUT2D eigenvalue weighted by Crippen LogP contribution is 2.38. The van der Waals surface area contributed by atoms with E-state index < -0.39 is 23.6 Å². The lowest BCUT2D eigenvalue weighted by Crippen LogP contribution is -2.40. The Morgan fingerprint density at radius 1 is 0.684 bits per heavy atom. The molecule has 6 heteroatoms. The number of aliphatic hydroxyl groups excluding tert-OH is 1. The van der Waals surface area contributed by atoms with Gasteiger partial charge in [-0.1, -0.05) is 103 Å². The van der Waals surface area contributed by atoms with Crippen molar-refractivity contribution in [2.75, 3.05) is 6.61 Å². The summed E-state index contributed by atoms with van der Waals surface area (Å²) in [5, 5.41) is 10.7. The highest BCUT2D eigenvalue weighted by Gasteiger charge is 2.47. The van der Waals surface area contributed by atoms with Crippen molar-refractivity contribution in [3.8, 4) is 11.1 Å². The van der Waals surface area contributed by atoms with Gasteiger partial charge in [-0.2, -0.15) is 0 Å². The van der Waals surface area contributed by atoms with Gasteiger partial charge in [-0.3, -0.25) is 0 Å². The van der Waals surface area contributed by atoms with Crippen LogP contribution in [0.2, 0.25) is 0 Å². The molecular formula is C32H30O5S. The molecule has 4 atom stereocenters. The average molecular weight is 527 g/mol. The van der Waals surface area contributed by atoms with E-state index in [0.29, 0.717) is 25.4 Å². The first kappa shape index (κ1) is 26.2. The van der Waals surface area contributed by atoms with E-state index in [9.17, 15) is 9.90 Å². The maximum atomic E-state index is 13.1. The number of carbonyl (C=O) groups is 1. The van der Waals surface area contributed by atoms with Crippen LogP contribution in [0.25, 0.3) is 11.1 Å². The molecule has 4 aromatic rings. The zero-order valence-electron chi connectivity index (χ0n) is 20.9. The molecule has 0 spiro atoms. The van der Waals surface area contributed by atoms with Crippen molar-refractivity contribution < 1.29 is 24.1 Å². The third-order valence-corrected chi connectivity index (χ3v) is 7.74. The number of thioether (sulfide) groups is 1. The minimum absolute atomic E-state index is 0.198. The highest BCUT2D eigenvalue weighted by atomic mass is 32.2. The second kappa shape index (κ2) is 12.9. The Morgan fingerprint density at radius 3 is 1.87 bits per heavy atom. The summed E-state index contributed by atoms with van der Waals surface area (Å²) in [5.74, 6) is -0.492. The molecule has 1 heterocycles. The number of esters is 1. The fourth-order valence-corrected chi connectivity index (χ4v) is 5.71. The normalized spacial score (nSPS) is 20.8. The van der Waals surface area contributed by atoms with Crippen LogP contribution in [0.4, 0.5) is 0 Å². The van der Waals surface area contributed by atoms with Crippen LogP contribution in [0.1, 0.15) is 21.5 Å². The van der Waals surface area contributed by atoms with Crippen LogP contribution in [-0.4, -0.2) is 40.6 Å². The fourth-order valence-electron chi connectivity index (χ4n) is 4.42. The van der Waals surface area contributed by atoms with Crippen LogP contribution in [0.3, 0.4) is 0 Å². The first-order chi connectivity index (χ1) is 18.7. The topological polar surface area (TPSA) is 65.0 Å². The molecule has 0 saturated carbocycles. The van der Waals surface area contributed by atoms with E-state index in [1.807, 2.05) is 103 Å². The Bertz CT molecular complexity index is 1280. The fraction of sp³-hybridized carbons (Fsp3) is 0.219. The smallest absolute Gasteiger partial charge is 0.338 e. The zero-order chi connectivity index (χ0) is 26.2.